The summed E-state index contributed by atoms with van der Waals surface area (Å²) in [5.41, 5.74) is 12.0. The van der Waals surface area contributed by atoms with Crippen LogP contribution in [-0.2, 0) is 4.74 Å². The van der Waals surface area contributed by atoms with Gasteiger partial charge in [0.05, 0.1) is 7.11 Å². The highest BCUT2D eigenvalue weighted by Crippen LogP contribution is 2.37. The molecular weight excluding hydrogens is 222 g/mol. The van der Waals surface area contributed by atoms with Crippen LogP contribution in [0.3, 0.4) is 0 Å². The minimum absolute atomic E-state index is 0.667. The minimum atomic E-state index is 0.667. The molecule has 1 aliphatic carbocycles. The number of benzene rings is 1. The molecule has 96 valence electrons. The highest BCUT2D eigenvalue weighted by molar-refractivity contribution is 5.76. The molecule has 0 amide bonds. The summed E-state index contributed by atoms with van der Waals surface area (Å²) in [4.78, 5) is 0. The van der Waals surface area contributed by atoms with E-state index >= 15 is 0 Å². The van der Waals surface area contributed by atoms with Crippen LogP contribution in [0.25, 0.3) is 11.3 Å². The lowest BCUT2D eigenvalue weighted by molar-refractivity contribution is 0.371. The van der Waals surface area contributed by atoms with Crippen LogP contribution in [0.5, 0.6) is 0 Å². The van der Waals surface area contributed by atoms with Crippen molar-refractivity contribution in [3.8, 4) is 0 Å². The molecule has 18 heavy (non-hydrogen) atoms. The fourth-order valence-electron chi connectivity index (χ4n) is 2.65. The van der Waals surface area contributed by atoms with Gasteiger partial charge >= 0.3 is 0 Å². The number of anilines is 1. The molecule has 0 aliphatic heterocycles. The molecular formula is C16H21NO. The quantitative estimate of drug-likeness (QED) is 0.634. The van der Waals surface area contributed by atoms with Gasteiger partial charge in [-0.1, -0.05) is 19.1 Å². The Kier molecular flexibility index (Phi) is 3.75. The van der Waals surface area contributed by atoms with Crippen molar-refractivity contribution in [3.63, 3.8) is 0 Å². The summed E-state index contributed by atoms with van der Waals surface area (Å²) in [6.07, 6.45) is 4.77. The Morgan fingerprint density at radius 3 is 2.78 bits per heavy atom. The summed E-state index contributed by atoms with van der Waals surface area (Å²) in [5.74, 6) is 0.667. The third kappa shape index (κ3) is 2.42. The monoisotopic (exact) mass is 243 g/mol. The van der Waals surface area contributed by atoms with E-state index in [2.05, 4.69) is 25.6 Å². The van der Waals surface area contributed by atoms with E-state index in [9.17, 15) is 0 Å². The summed E-state index contributed by atoms with van der Waals surface area (Å²) in [5, 5.41) is 0. The molecule has 0 radical (unpaired) electrons. The maximum atomic E-state index is 5.99. The zero-order valence-electron chi connectivity index (χ0n) is 11.3. The van der Waals surface area contributed by atoms with Crippen LogP contribution in [0.15, 0.2) is 30.4 Å². The Morgan fingerprint density at radius 2 is 2.11 bits per heavy atom. The van der Waals surface area contributed by atoms with Crippen LogP contribution in [-0.4, -0.2) is 7.11 Å². The van der Waals surface area contributed by atoms with Gasteiger partial charge in [-0.2, -0.15) is 0 Å². The van der Waals surface area contributed by atoms with E-state index in [0.29, 0.717) is 5.76 Å². The fourth-order valence-corrected chi connectivity index (χ4v) is 2.65. The first-order chi connectivity index (χ1) is 8.65. The molecule has 2 heteroatoms. The van der Waals surface area contributed by atoms with Crippen molar-refractivity contribution in [2.45, 2.75) is 32.6 Å². The molecule has 0 unspecified atom stereocenters. The lowest BCUT2D eigenvalue weighted by atomic mass is 9.97. The third-order valence-electron chi connectivity index (χ3n) is 3.63. The van der Waals surface area contributed by atoms with E-state index in [-0.39, 0.29) is 0 Å². The first-order valence-corrected chi connectivity index (χ1v) is 6.50. The third-order valence-corrected chi connectivity index (χ3v) is 3.63. The molecule has 2 nitrogen and oxygen atoms in total. The zero-order chi connectivity index (χ0) is 13.1. The average Bonchev–Trinajstić information content (AvgIpc) is 2.85. The van der Waals surface area contributed by atoms with Crippen molar-refractivity contribution < 1.29 is 4.74 Å². The van der Waals surface area contributed by atoms with E-state index in [1.807, 2.05) is 6.07 Å². The topological polar surface area (TPSA) is 35.2 Å². The molecule has 0 spiro atoms. The van der Waals surface area contributed by atoms with Gasteiger partial charge < -0.3 is 10.5 Å². The normalized spacial score (nSPS) is 15.0. The predicted molar refractivity (Wildman–Crippen MR) is 78.0 cm³/mol. The molecule has 1 aromatic rings. The van der Waals surface area contributed by atoms with E-state index in [1.54, 1.807) is 12.7 Å². The van der Waals surface area contributed by atoms with Crippen LogP contribution in [0, 0.1) is 0 Å². The van der Waals surface area contributed by atoms with Crippen molar-refractivity contribution in [1.29, 1.82) is 0 Å². The van der Waals surface area contributed by atoms with E-state index < -0.39 is 0 Å². The second-order valence-electron chi connectivity index (χ2n) is 4.76. The standard InChI is InChI=1S/C16H21NO/c1-4-12-6-5-7-16(12)14-8-13(11(2)18-3)9-15(17)10-14/h8-10H,2,4-7,17H2,1,3H3. The highest BCUT2D eigenvalue weighted by Gasteiger charge is 2.16. The molecule has 0 atom stereocenters. The molecule has 0 heterocycles. The van der Waals surface area contributed by atoms with Gasteiger partial charge in [0.15, 0.2) is 0 Å². The highest BCUT2D eigenvalue weighted by atomic mass is 16.5. The zero-order valence-corrected chi connectivity index (χ0v) is 11.3. The Hall–Kier alpha value is -1.70. The summed E-state index contributed by atoms with van der Waals surface area (Å²) in [6, 6.07) is 6.11. The number of rotatable bonds is 4. The van der Waals surface area contributed by atoms with Gasteiger partial charge in [-0.3, -0.25) is 0 Å². The van der Waals surface area contributed by atoms with Crippen molar-refractivity contribution in [2.75, 3.05) is 12.8 Å². The summed E-state index contributed by atoms with van der Waals surface area (Å²) >= 11 is 0. The first-order valence-electron chi connectivity index (χ1n) is 6.50. The average molecular weight is 243 g/mol. The fraction of sp³-hybridized carbons (Fsp3) is 0.375. The molecule has 0 fully saturated rings. The van der Waals surface area contributed by atoms with Gasteiger partial charge in [-0.05, 0) is 55.0 Å². The second kappa shape index (κ2) is 5.30. The van der Waals surface area contributed by atoms with Gasteiger partial charge in [0.1, 0.15) is 5.76 Å². The van der Waals surface area contributed by atoms with Crippen LogP contribution < -0.4 is 5.73 Å². The number of ether oxygens (including phenoxy) is 1. The van der Waals surface area contributed by atoms with Crippen molar-refractivity contribution >= 4 is 17.0 Å². The number of hydrogen-bond acceptors (Lipinski definition) is 2. The number of hydrogen-bond donors (Lipinski definition) is 1. The second-order valence-corrected chi connectivity index (χ2v) is 4.76. The molecule has 1 aromatic carbocycles. The van der Waals surface area contributed by atoms with Crippen LogP contribution in [0.4, 0.5) is 5.69 Å². The molecule has 1 aliphatic rings. The molecule has 0 bridgehead atoms. The van der Waals surface area contributed by atoms with Crippen LogP contribution in [0.2, 0.25) is 0 Å². The Balaban J connectivity index is 2.45. The Labute approximate surface area is 109 Å². The number of methoxy groups -OCH3 is 1. The summed E-state index contributed by atoms with van der Waals surface area (Å²) in [6.45, 7) is 6.12. The van der Waals surface area contributed by atoms with E-state index in [1.165, 1.54) is 24.0 Å². The van der Waals surface area contributed by atoms with E-state index in [4.69, 9.17) is 10.5 Å². The number of allylic oxidation sites excluding steroid dienone is 2. The van der Waals surface area contributed by atoms with Crippen molar-refractivity contribution in [1.82, 2.24) is 0 Å². The van der Waals surface area contributed by atoms with Gasteiger partial charge in [-0.25, -0.2) is 0 Å². The van der Waals surface area contributed by atoms with Crippen LogP contribution >= 0.6 is 0 Å². The first kappa shape index (κ1) is 12.7. The largest absolute Gasteiger partial charge is 0.497 e. The smallest absolute Gasteiger partial charge is 0.119 e. The Bertz CT molecular complexity index is 500. The molecule has 0 saturated heterocycles. The maximum Gasteiger partial charge on any atom is 0.119 e. The van der Waals surface area contributed by atoms with E-state index in [0.717, 1.165) is 24.1 Å². The van der Waals surface area contributed by atoms with Crippen molar-refractivity contribution in [3.05, 3.63) is 41.5 Å². The molecule has 0 saturated carbocycles. The predicted octanol–water partition coefficient (Wildman–Crippen LogP) is 4.23. The lowest BCUT2D eigenvalue weighted by Gasteiger charge is -2.11. The summed E-state index contributed by atoms with van der Waals surface area (Å²) < 4.78 is 5.20. The van der Waals surface area contributed by atoms with Crippen LogP contribution in [0.1, 0.15) is 43.7 Å². The van der Waals surface area contributed by atoms with Gasteiger partial charge in [0.2, 0.25) is 0 Å². The number of nitrogens with two attached hydrogens (primary N) is 1. The summed E-state index contributed by atoms with van der Waals surface area (Å²) in [7, 11) is 1.64. The Morgan fingerprint density at radius 1 is 1.33 bits per heavy atom. The van der Waals surface area contributed by atoms with Gasteiger partial charge in [0, 0.05) is 11.3 Å². The number of nitrogen functional groups attached to an aromatic ring is 1. The maximum absolute atomic E-state index is 5.99. The van der Waals surface area contributed by atoms with Gasteiger partial charge in [0.25, 0.3) is 0 Å². The minimum Gasteiger partial charge on any atom is -0.497 e. The molecule has 2 N–H and O–H groups in total. The molecule has 0 aromatic heterocycles. The van der Waals surface area contributed by atoms with Gasteiger partial charge in [-0.15, -0.1) is 0 Å². The van der Waals surface area contributed by atoms with Crippen molar-refractivity contribution in [2.24, 2.45) is 0 Å². The molecule has 2 rings (SSSR count). The lowest BCUT2D eigenvalue weighted by Crippen LogP contribution is -1.94. The SMILES string of the molecule is C=C(OC)c1cc(N)cc(C2=C(CC)CCC2)c1.